The normalized spacial score (nSPS) is 13.4. The predicted molar refractivity (Wildman–Crippen MR) is 94.8 cm³/mol. The van der Waals surface area contributed by atoms with Crippen molar-refractivity contribution in [1.29, 1.82) is 0 Å². The molecule has 2 aromatic rings. The zero-order valence-electron chi connectivity index (χ0n) is 13.9. The summed E-state index contributed by atoms with van der Waals surface area (Å²) in [7, 11) is 1.87. The Labute approximate surface area is 155 Å². The third-order valence-corrected chi connectivity index (χ3v) is 4.50. The lowest BCUT2D eigenvalue weighted by Gasteiger charge is -2.18. The standard InChI is InChI=1S/C18H18Cl2F2N2O/c1-11(14-5-4-13(21)8-17(14)22)23-18(25)10-24(2)9-12-3-6-15(19)16(20)7-12/h3-8,11H,9-10H2,1-2H3,(H,23,25)/p+1/t11-/m0/s1. The van der Waals surface area contributed by atoms with Gasteiger partial charge in [0.15, 0.2) is 6.54 Å². The van der Waals surface area contributed by atoms with Crippen molar-refractivity contribution in [1.82, 2.24) is 5.32 Å². The van der Waals surface area contributed by atoms with Gasteiger partial charge in [0, 0.05) is 17.2 Å². The van der Waals surface area contributed by atoms with Gasteiger partial charge in [0.25, 0.3) is 5.91 Å². The average Bonchev–Trinajstić information content (AvgIpc) is 2.50. The Balaban J connectivity index is 1.91. The molecule has 0 fully saturated rings. The number of halogens is 4. The van der Waals surface area contributed by atoms with E-state index in [2.05, 4.69) is 5.32 Å². The maximum atomic E-state index is 13.8. The minimum absolute atomic E-state index is 0.202. The van der Waals surface area contributed by atoms with Gasteiger partial charge in [0.2, 0.25) is 0 Å². The number of hydrogen-bond donors (Lipinski definition) is 2. The second-order valence-electron chi connectivity index (χ2n) is 6.01. The molecule has 3 nitrogen and oxygen atoms in total. The number of carbonyl (C=O) groups excluding carboxylic acids is 1. The van der Waals surface area contributed by atoms with Crippen LogP contribution in [0.4, 0.5) is 8.78 Å². The summed E-state index contributed by atoms with van der Waals surface area (Å²) < 4.78 is 26.7. The Hall–Kier alpha value is -1.69. The van der Waals surface area contributed by atoms with Gasteiger partial charge in [-0.25, -0.2) is 8.78 Å². The fourth-order valence-corrected chi connectivity index (χ4v) is 2.88. The molecule has 25 heavy (non-hydrogen) atoms. The van der Waals surface area contributed by atoms with Gasteiger partial charge in [-0.3, -0.25) is 4.79 Å². The minimum Gasteiger partial charge on any atom is -0.345 e. The molecule has 0 heterocycles. The Morgan fingerprint density at radius 1 is 1.16 bits per heavy atom. The second kappa shape index (κ2) is 8.61. The Bertz CT molecular complexity index is 771. The Morgan fingerprint density at radius 2 is 1.88 bits per heavy atom. The Kier molecular flexibility index (Phi) is 6.76. The van der Waals surface area contributed by atoms with Crippen LogP contribution >= 0.6 is 23.2 Å². The third kappa shape index (κ3) is 5.66. The summed E-state index contributed by atoms with van der Waals surface area (Å²) >= 11 is 11.9. The van der Waals surface area contributed by atoms with E-state index in [9.17, 15) is 13.6 Å². The van der Waals surface area contributed by atoms with E-state index >= 15 is 0 Å². The van der Waals surface area contributed by atoms with Crippen molar-refractivity contribution in [3.05, 3.63) is 69.2 Å². The summed E-state index contributed by atoms with van der Waals surface area (Å²) in [5.41, 5.74) is 1.20. The van der Waals surface area contributed by atoms with Gasteiger partial charge >= 0.3 is 0 Å². The van der Waals surface area contributed by atoms with Gasteiger partial charge < -0.3 is 10.2 Å². The molecular weight excluding hydrogens is 369 g/mol. The van der Waals surface area contributed by atoms with Crippen molar-refractivity contribution in [3.8, 4) is 0 Å². The van der Waals surface area contributed by atoms with Crippen LogP contribution < -0.4 is 10.2 Å². The number of likely N-dealkylation sites (N-methyl/N-ethyl adjacent to an activating group) is 1. The first-order chi connectivity index (χ1) is 11.8. The van der Waals surface area contributed by atoms with Crippen molar-refractivity contribution in [3.63, 3.8) is 0 Å². The highest BCUT2D eigenvalue weighted by molar-refractivity contribution is 6.42. The van der Waals surface area contributed by atoms with Gasteiger partial charge in [0.1, 0.15) is 18.2 Å². The molecule has 2 rings (SSSR count). The van der Waals surface area contributed by atoms with Crippen LogP contribution in [-0.4, -0.2) is 19.5 Å². The molecule has 0 aliphatic carbocycles. The summed E-state index contributed by atoms with van der Waals surface area (Å²) in [5.74, 6) is -1.55. The van der Waals surface area contributed by atoms with E-state index < -0.39 is 17.7 Å². The molecule has 2 aromatic carbocycles. The number of amides is 1. The molecule has 0 radical (unpaired) electrons. The number of hydrogen-bond acceptors (Lipinski definition) is 1. The first-order valence-corrected chi connectivity index (χ1v) is 8.51. The highest BCUT2D eigenvalue weighted by atomic mass is 35.5. The van der Waals surface area contributed by atoms with Crippen LogP contribution in [0.1, 0.15) is 24.1 Å². The van der Waals surface area contributed by atoms with Crippen LogP contribution in [0.5, 0.6) is 0 Å². The summed E-state index contributed by atoms with van der Waals surface area (Å²) in [6, 6.07) is 8.09. The molecule has 2 atom stereocenters. The zero-order valence-corrected chi connectivity index (χ0v) is 15.4. The number of rotatable bonds is 6. The lowest BCUT2D eigenvalue weighted by Crippen LogP contribution is -3.08. The first kappa shape index (κ1) is 19.6. The van der Waals surface area contributed by atoms with Crippen LogP contribution in [0, 0.1) is 11.6 Å². The molecule has 0 saturated carbocycles. The minimum atomic E-state index is -0.677. The molecule has 0 bridgehead atoms. The highest BCUT2D eigenvalue weighted by Crippen LogP contribution is 2.22. The van der Waals surface area contributed by atoms with E-state index in [-0.39, 0.29) is 18.0 Å². The van der Waals surface area contributed by atoms with Crippen molar-refractivity contribution < 1.29 is 18.5 Å². The molecule has 134 valence electrons. The maximum absolute atomic E-state index is 13.8. The third-order valence-electron chi connectivity index (χ3n) is 3.76. The number of benzene rings is 2. The molecule has 7 heteroatoms. The average molecular weight is 388 g/mol. The molecule has 0 spiro atoms. The topological polar surface area (TPSA) is 33.5 Å². The largest absolute Gasteiger partial charge is 0.345 e. The number of nitrogens with one attached hydrogen (secondary N) is 2. The Morgan fingerprint density at radius 3 is 2.52 bits per heavy atom. The van der Waals surface area contributed by atoms with E-state index in [0.717, 1.165) is 16.5 Å². The molecule has 0 saturated heterocycles. The van der Waals surface area contributed by atoms with Crippen molar-refractivity contribution >= 4 is 29.1 Å². The van der Waals surface area contributed by atoms with Crippen LogP contribution in [0.15, 0.2) is 36.4 Å². The van der Waals surface area contributed by atoms with E-state index in [1.165, 1.54) is 12.1 Å². The molecule has 0 aliphatic heterocycles. The zero-order chi connectivity index (χ0) is 18.6. The SMILES string of the molecule is C[C@H](NC(=O)C[NH+](C)Cc1ccc(Cl)c(Cl)c1)c1ccc(F)cc1F. The van der Waals surface area contributed by atoms with Crippen molar-refractivity contribution in [2.24, 2.45) is 0 Å². The molecule has 2 N–H and O–H groups in total. The molecular formula is C18H19Cl2F2N2O+. The molecule has 1 unspecified atom stereocenters. The highest BCUT2D eigenvalue weighted by Gasteiger charge is 2.17. The summed E-state index contributed by atoms with van der Waals surface area (Å²) in [4.78, 5) is 13.1. The fourth-order valence-electron chi connectivity index (χ4n) is 2.56. The van der Waals surface area contributed by atoms with Gasteiger partial charge in [-0.2, -0.15) is 0 Å². The van der Waals surface area contributed by atoms with Gasteiger partial charge in [-0.15, -0.1) is 0 Å². The predicted octanol–water partition coefficient (Wildman–Crippen LogP) is 3.16. The van der Waals surface area contributed by atoms with Gasteiger partial charge in [-0.05, 0) is 25.1 Å². The van der Waals surface area contributed by atoms with Crippen LogP contribution in [0.3, 0.4) is 0 Å². The second-order valence-corrected chi connectivity index (χ2v) is 6.83. The van der Waals surface area contributed by atoms with Crippen molar-refractivity contribution in [2.45, 2.75) is 19.5 Å². The number of carbonyl (C=O) groups is 1. The number of quaternary nitrogens is 1. The lowest BCUT2D eigenvalue weighted by atomic mass is 10.1. The van der Waals surface area contributed by atoms with Gasteiger partial charge in [0.05, 0.1) is 23.1 Å². The smallest absolute Gasteiger partial charge is 0.275 e. The van der Waals surface area contributed by atoms with E-state index in [4.69, 9.17) is 23.2 Å². The van der Waals surface area contributed by atoms with E-state index in [0.29, 0.717) is 16.6 Å². The van der Waals surface area contributed by atoms with E-state index in [1.54, 1.807) is 19.1 Å². The summed E-state index contributed by atoms with van der Waals surface area (Å²) in [6.45, 7) is 2.44. The van der Waals surface area contributed by atoms with Crippen LogP contribution in [-0.2, 0) is 11.3 Å². The first-order valence-electron chi connectivity index (χ1n) is 7.76. The fraction of sp³-hybridized carbons (Fsp3) is 0.278. The molecule has 0 aromatic heterocycles. The molecule has 0 aliphatic rings. The quantitative estimate of drug-likeness (QED) is 0.783. The maximum Gasteiger partial charge on any atom is 0.275 e. The summed E-state index contributed by atoms with van der Waals surface area (Å²) in [5, 5.41) is 3.68. The van der Waals surface area contributed by atoms with Crippen LogP contribution in [0.2, 0.25) is 10.0 Å². The monoisotopic (exact) mass is 387 g/mol. The summed E-state index contributed by atoms with van der Waals surface area (Å²) in [6.07, 6.45) is 0. The van der Waals surface area contributed by atoms with E-state index in [1.807, 2.05) is 13.1 Å². The van der Waals surface area contributed by atoms with Crippen molar-refractivity contribution in [2.75, 3.05) is 13.6 Å². The molecule has 1 amide bonds. The van der Waals surface area contributed by atoms with Crippen LogP contribution in [0.25, 0.3) is 0 Å². The van der Waals surface area contributed by atoms with Gasteiger partial charge in [-0.1, -0.05) is 35.3 Å². The lowest BCUT2D eigenvalue weighted by molar-refractivity contribution is -0.885.